The summed E-state index contributed by atoms with van der Waals surface area (Å²) in [6.07, 6.45) is 0.293. The van der Waals surface area contributed by atoms with Crippen LogP contribution in [0.1, 0.15) is 21.5 Å². The first kappa shape index (κ1) is 20.6. The van der Waals surface area contributed by atoms with E-state index in [9.17, 15) is 14.4 Å². The number of nitrogens with zero attached hydrogens (tertiary/aromatic N) is 1. The van der Waals surface area contributed by atoms with Crippen molar-refractivity contribution in [2.45, 2.75) is 12.0 Å². The van der Waals surface area contributed by atoms with Gasteiger partial charge in [-0.05, 0) is 21.9 Å². The molecule has 0 saturated carbocycles. The van der Waals surface area contributed by atoms with Crippen molar-refractivity contribution in [3.05, 3.63) is 120 Å². The predicted molar refractivity (Wildman–Crippen MR) is 127 cm³/mol. The van der Waals surface area contributed by atoms with Crippen molar-refractivity contribution in [3.8, 4) is 0 Å². The van der Waals surface area contributed by atoms with Crippen LogP contribution in [0.25, 0.3) is 10.8 Å². The molecular weight excluding hydrogens is 412 g/mol. The molecule has 1 aliphatic heterocycles. The Bertz CT molecular complexity index is 1350. The van der Waals surface area contributed by atoms with Crippen LogP contribution in [0, 0.1) is 0 Å². The third kappa shape index (κ3) is 3.68. The summed E-state index contributed by atoms with van der Waals surface area (Å²) in [6.45, 7) is -0.317. The number of hydrogen-bond donors (Lipinski definition) is 1. The standard InChI is InChI=1S/C28H22N2O3/c31-25(24-17-9-13-21-12-7-8-16-23(21)24)19-30-26(32)28(29-27(30)33,22-14-5-2-6-15-22)18-20-10-3-1-4-11-20/h1-17H,18-19H2,(H,29,33)/t28-/m0/s1. The minimum absolute atomic E-state index is 0.279. The van der Waals surface area contributed by atoms with Crippen LogP contribution in [0.4, 0.5) is 4.79 Å². The van der Waals surface area contributed by atoms with Gasteiger partial charge in [0.1, 0.15) is 0 Å². The summed E-state index contributed by atoms with van der Waals surface area (Å²) in [5.74, 6) is -0.699. The molecule has 1 N–H and O–H groups in total. The number of ketones is 1. The molecule has 0 aliphatic carbocycles. The Labute approximate surface area is 191 Å². The van der Waals surface area contributed by atoms with Gasteiger partial charge < -0.3 is 5.32 Å². The van der Waals surface area contributed by atoms with E-state index in [0.717, 1.165) is 21.2 Å². The van der Waals surface area contributed by atoms with Gasteiger partial charge in [-0.25, -0.2) is 4.79 Å². The second kappa shape index (κ2) is 8.36. The topological polar surface area (TPSA) is 66.5 Å². The Morgan fingerprint density at radius 3 is 2.15 bits per heavy atom. The number of rotatable bonds is 6. The van der Waals surface area contributed by atoms with Gasteiger partial charge in [0, 0.05) is 12.0 Å². The Morgan fingerprint density at radius 2 is 1.39 bits per heavy atom. The predicted octanol–water partition coefficient (Wildman–Crippen LogP) is 4.71. The summed E-state index contributed by atoms with van der Waals surface area (Å²) in [6, 6.07) is 31.3. The Hall–Kier alpha value is -4.25. The number of urea groups is 1. The van der Waals surface area contributed by atoms with Crippen LogP contribution in [0.15, 0.2) is 103 Å². The third-order valence-electron chi connectivity index (χ3n) is 6.15. The summed E-state index contributed by atoms with van der Waals surface area (Å²) >= 11 is 0. The van der Waals surface area contributed by atoms with Crippen molar-refractivity contribution in [1.29, 1.82) is 0 Å². The zero-order valence-electron chi connectivity index (χ0n) is 17.9. The molecule has 0 unspecified atom stereocenters. The van der Waals surface area contributed by atoms with Crippen molar-refractivity contribution in [2.75, 3.05) is 6.54 Å². The molecule has 1 saturated heterocycles. The molecule has 3 amide bonds. The largest absolute Gasteiger partial charge is 0.325 e. The highest BCUT2D eigenvalue weighted by molar-refractivity contribution is 6.14. The van der Waals surface area contributed by atoms with Gasteiger partial charge in [0.25, 0.3) is 5.91 Å². The lowest BCUT2D eigenvalue weighted by Gasteiger charge is -2.27. The molecule has 1 fully saturated rings. The van der Waals surface area contributed by atoms with Gasteiger partial charge in [-0.15, -0.1) is 0 Å². The molecule has 0 spiro atoms. The van der Waals surface area contributed by atoms with Crippen LogP contribution in [-0.4, -0.2) is 29.2 Å². The van der Waals surface area contributed by atoms with Crippen molar-refractivity contribution >= 4 is 28.5 Å². The van der Waals surface area contributed by atoms with Crippen LogP contribution in [0.3, 0.4) is 0 Å². The van der Waals surface area contributed by atoms with Crippen molar-refractivity contribution in [3.63, 3.8) is 0 Å². The van der Waals surface area contributed by atoms with E-state index < -0.39 is 17.5 Å². The number of carbonyl (C=O) groups excluding carboxylic acids is 3. The minimum atomic E-state index is -1.27. The number of fused-ring (bicyclic) bond motifs is 1. The average Bonchev–Trinajstić information content (AvgIpc) is 3.09. The first-order chi connectivity index (χ1) is 16.1. The van der Waals surface area contributed by atoms with Gasteiger partial charge in [-0.1, -0.05) is 103 Å². The molecule has 0 bridgehead atoms. The summed E-state index contributed by atoms with van der Waals surface area (Å²) in [7, 11) is 0. The lowest BCUT2D eigenvalue weighted by Crippen LogP contribution is -2.46. The number of benzene rings is 4. The van der Waals surface area contributed by atoms with E-state index in [2.05, 4.69) is 5.32 Å². The van der Waals surface area contributed by atoms with Crippen molar-refractivity contribution in [2.24, 2.45) is 0 Å². The molecule has 5 rings (SSSR count). The summed E-state index contributed by atoms with van der Waals surface area (Å²) in [4.78, 5) is 41.1. The lowest BCUT2D eigenvalue weighted by molar-refractivity contribution is -0.131. The van der Waals surface area contributed by atoms with Gasteiger partial charge >= 0.3 is 6.03 Å². The van der Waals surface area contributed by atoms with E-state index >= 15 is 0 Å². The van der Waals surface area contributed by atoms with Crippen molar-refractivity contribution in [1.82, 2.24) is 10.2 Å². The average molecular weight is 434 g/mol. The van der Waals surface area contributed by atoms with Crippen LogP contribution >= 0.6 is 0 Å². The minimum Gasteiger partial charge on any atom is -0.319 e. The van der Waals surface area contributed by atoms with E-state index in [1.165, 1.54) is 0 Å². The molecule has 0 radical (unpaired) electrons. The Morgan fingerprint density at radius 1 is 0.758 bits per heavy atom. The second-order valence-electron chi connectivity index (χ2n) is 8.21. The van der Waals surface area contributed by atoms with Gasteiger partial charge in [-0.3, -0.25) is 14.5 Å². The van der Waals surface area contributed by atoms with Crippen LogP contribution in [0.5, 0.6) is 0 Å². The van der Waals surface area contributed by atoms with E-state index in [-0.39, 0.29) is 12.3 Å². The first-order valence-electron chi connectivity index (χ1n) is 10.8. The number of hydrogen-bond acceptors (Lipinski definition) is 3. The highest BCUT2D eigenvalue weighted by Crippen LogP contribution is 2.33. The molecule has 162 valence electrons. The second-order valence-corrected chi connectivity index (χ2v) is 8.21. The van der Waals surface area contributed by atoms with Crippen molar-refractivity contribution < 1.29 is 14.4 Å². The summed E-state index contributed by atoms with van der Waals surface area (Å²) in [5.41, 5.74) is 0.831. The van der Waals surface area contributed by atoms with Gasteiger partial charge in [0.15, 0.2) is 11.3 Å². The maximum absolute atomic E-state index is 13.8. The number of carbonyl (C=O) groups is 3. The maximum atomic E-state index is 13.8. The van der Waals surface area contributed by atoms with E-state index in [1.807, 2.05) is 97.1 Å². The fraction of sp³-hybridized carbons (Fsp3) is 0.107. The van der Waals surface area contributed by atoms with Crippen LogP contribution < -0.4 is 5.32 Å². The van der Waals surface area contributed by atoms with Crippen LogP contribution in [0.2, 0.25) is 0 Å². The number of nitrogens with one attached hydrogen (secondary N) is 1. The van der Waals surface area contributed by atoms with E-state index in [4.69, 9.17) is 0 Å². The normalized spacial score (nSPS) is 17.9. The Balaban J connectivity index is 1.50. The Kier molecular flexibility index (Phi) is 5.23. The SMILES string of the molecule is O=C(CN1C(=O)N[C@@](Cc2ccccc2)(c2ccccc2)C1=O)c1cccc2ccccc12. The fourth-order valence-electron chi connectivity index (χ4n) is 4.51. The molecule has 1 aliphatic rings. The number of amides is 3. The van der Waals surface area contributed by atoms with E-state index in [1.54, 1.807) is 6.07 Å². The monoisotopic (exact) mass is 434 g/mol. The molecule has 1 atom stereocenters. The zero-order valence-corrected chi connectivity index (χ0v) is 17.9. The zero-order chi connectivity index (χ0) is 22.8. The third-order valence-corrected chi connectivity index (χ3v) is 6.15. The summed E-state index contributed by atoms with van der Waals surface area (Å²) < 4.78 is 0. The molecule has 5 nitrogen and oxygen atoms in total. The molecule has 4 aromatic rings. The smallest absolute Gasteiger partial charge is 0.319 e. The van der Waals surface area contributed by atoms with Gasteiger partial charge in [0.05, 0.1) is 6.54 Å². The number of imide groups is 1. The van der Waals surface area contributed by atoms with Crippen LogP contribution in [-0.2, 0) is 16.8 Å². The fourth-order valence-corrected chi connectivity index (χ4v) is 4.51. The molecule has 5 heteroatoms. The van der Waals surface area contributed by atoms with E-state index in [0.29, 0.717) is 17.5 Å². The first-order valence-corrected chi connectivity index (χ1v) is 10.8. The molecule has 4 aromatic carbocycles. The lowest BCUT2D eigenvalue weighted by atomic mass is 9.83. The van der Waals surface area contributed by atoms with Gasteiger partial charge in [-0.2, -0.15) is 0 Å². The van der Waals surface area contributed by atoms with Gasteiger partial charge in [0.2, 0.25) is 0 Å². The molecule has 33 heavy (non-hydrogen) atoms. The quantitative estimate of drug-likeness (QED) is 0.353. The maximum Gasteiger partial charge on any atom is 0.325 e. The molecule has 0 aromatic heterocycles. The molecular formula is C28H22N2O3. The highest BCUT2D eigenvalue weighted by Gasteiger charge is 2.52. The summed E-state index contributed by atoms with van der Waals surface area (Å²) in [5, 5.41) is 4.65. The molecule has 1 heterocycles. The highest BCUT2D eigenvalue weighted by atomic mass is 16.2. The number of Topliss-reactive ketones (excluding diaryl/α,β-unsaturated/α-hetero) is 1.